The molecule has 0 atom stereocenters. The summed E-state index contributed by atoms with van der Waals surface area (Å²) in [5.41, 5.74) is 8.32. The van der Waals surface area contributed by atoms with Gasteiger partial charge in [0.25, 0.3) is 0 Å². The molecule has 0 unspecified atom stereocenters. The maximum absolute atomic E-state index is 3.54. The lowest BCUT2D eigenvalue weighted by molar-refractivity contribution is 0.455. The Morgan fingerprint density at radius 3 is 2.50 bits per heavy atom. The lowest BCUT2D eigenvalue weighted by Gasteiger charge is -2.20. The molecule has 1 aliphatic rings. The molecule has 94 valence electrons. The molecular formula is C18H22. The van der Waals surface area contributed by atoms with Gasteiger partial charge in [-0.3, -0.25) is 0 Å². The molecule has 1 saturated carbocycles. The second kappa shape index (κ2) is 7.07. The summed E-state index contributed by atoms with van der Waals surface area (Å²) in [5, 5.41) is 0. The van der Waals surface area contributed by atoms with Crippen LogP contribution in [0.5, 0.6) is 0 Å². The molecule has 2 rings (SSSR count). The van der Waals surface area contributed by atoms with Crippen molar-refractivity contribution in [2.24, 2.45) is 0 Å². The van der Waals surface area contributed by atoms with Crippen molar-refractivity contribution in [2.45, 2.75) is 50.9 Å². The second-order valence-corrected chi connectivity index (χ2v) is 5.18. The highest BCUT2D eigenvalue weighted by molar-refractivity contribution is 5.50. The zero-order valence-corrected chi connectivity index (χ0v) is 11.1. The fraction of sp³-hybridized carbons (Fsp3) is 0.444. The van der Waals surface area contributed by atoms with E-state index in [0.29, 0.717) is 0 Å². The third kappa shape index (κ3) is 3.77. The Labute approximate surface area is 111 Å². The summed E-state index contributed by atoms with van der Waals surface area (Å²) in [7, 11) is 0. The number of rotatable bonds is 2. The highest BCUT2D eigenvalue weighted by Crippen LogP contribution is 2.31. The van der Waals surface area contributed by atoms with Crippen LogP contribution in [-0.4, -0.2) is 0 Å². The molecule has 1 aromatic carbocycles. The minimum Gasteiger partial charge on any atom is -0.0781 e. The van der Waals surface area contributed by atoms with E-state index in [1.54, 1.807) is 0 Å². The van der Waals surface area contributed by atoms with E-state index in [2.05, 4.69) is 42.3 Å². The van der Waals surface area contributed by atoms with E-state index in [-0.39, 0.29) is 0 Å². The van der Waals surface area contributed by atoms with Crippen LogP contribution in [-0.2, 0) is 0 Å². The Bertz CT molecular complexity index is 449. The van der Waals surface area contributed by atoms with Gasteiger partial charge < -0.3 is 0 Å². The molecular weight excluding hydrogens is 216 g/mol. The summed E-state index contributed by atoms with van der Waals surface area (Å²) in [4.78, 5) is 0. The SMILES string of the molecule is C=C=C=Cc1cccc(C2CCCCCCC2)c1. The Morgan fingerprint density at radius 2 is 1.78 bits per heavy atom. The smallest absolute Gasteiger partial charge is 0.00429 e. The molecule has 0 bridgehead atoms. The minimum atomic E-state index is 0.756. The van der Waals surface area contributed by atoms with Gasteiger partial charge in [0.1, 0.15) is 0 Å². The largest absolute Gasteiger partial charge is 0.0781 e. The molecule has 0 spiro atoms. The van der Waals surface area contributed by atoms with E-state index in [1.807, 2.05) is 6.08 Å². The number of hydrogen-bond donors (Lipinski definition) is 0. The van der Waals surface area contributed by atoms with Crippen LogP contribution in [0.4, 0.5) is 0 Å². The molecule has 0 saturated heterocycles. The molecule has 0 aromatic heterocycles. The van der Waals surface area contributed by atoms with Gasteiger partial charge in [-0.05, 0) is 42.5 Å². The third-order valence-corrected chi connectivity index (χ3v) is 3.83. The third-order valence-electron chi connectivity index (χ3n) is 3.83. The van der Waals surface area contributed by atoms with Gasteiger partial charge in [0.15, 0.2) is 0 Å². The van der Waals surface area contributed by atoms with Crippen molar-refractivity contribution in [3.05, 3.63) is 53.4 Å². The molecule has 0 radical (unpaired) electrons. The molecule has 1 fully saturated rings. The Kier molecular flexibility index (Phi) is 5.09. The summed E-state index contributed by atoms with van der Waals surface area (Å²) in [6.07, 6.45) is 11.7. The molecule has 1 aliphatic carbocycles. The van der Waals surface area contributed by atoms with Gasteiger partial charge in [0, 0.05) is 0 Å². The lowest BCUT2D eigenvalue weighted by Crippen LogP contribution is -2.02. The van der Waals surface area contributed by atoms with Crippen molar-refractivity contribution >= 4 is 6.08 Å². The topological polar surface area (TPSA) is 0 Å². The lowest BCUT2D eigenvalue weighted by atomic mass is 9.85. The van der Waals surface area contributed by atoms with Gasteiger partial charge >= 0.3 is 0 Å². The van der Waals surface area contributed by atoms with Gasteiger partial charge in [0.2, 0.25) is 0 Å². The van der Waals surface area contributed by atoms with Crippen LogP contribution < -0.4 is 0 Å². The molecule has 18 heavy (non-hydrogen) atoms. The minimum absolute atomic E-state index is 0.756. The predicted molar refractivity (Wildman–Crippen MR) is 78.6 cm³/mol. The Morgan fingerprint density at radius 1 is 1.06 bits per heavy atom. The van der Waals surface area contributed by atoms with Crippen LogP contribution in [0.1, 0.15) is 62.0 Å². The van der Waals surface area contributed by atoms with Crippen LogP contribution in [0.25, 0.3) is 6.08 Å². The van der Waals surface area contributed by atoms with E-state index < -0.39 is 0 Å². The van der Waals surface area contributed by atoms with E-state index in [1.165, 1.54) is 56.1 Å². The highest BCUT2D eigenvalue weighted by Gasteiger charge is 2.13. The van der Waals surface area contributed by atoms with Crippen LogP contribution >= 0.6 is 0 Å². The van der Waals surface area contributed by atoms with Gasteiger partial charge in [-0.25, -0.2) is 0 Å². The maximum atomic E-state index is 3.54. The quantitative estimate of drug-likeness (QED) is 0.599. The van der Waals surface area contributed by atoms with Gasteiger partial charge in [-0.1, -0.05) is 67.8 Å². The van der Waals surface area contributed by atoms with E-state index >= 15 is 0 Å². The monoisotopic (exact) mass is 238 g/mol. The van der Waals surface area contributed by atoms with Crippen LogP contribution in [0, 0.1) is 0 Å². The average molecular weight is 238 g/mol. The van der Waals surface area contributed by atoms with Crippen molar-refractivity contribution in [3.63, 3.8) is 0 Å². The molecule has 1 aromatic rings. The first-order valence-electron chi connectivity index (χ1n) is 7.11. The summed E-state index contributed by atoms with van der Waals surface area (Å²) in [5.74, 6) is 0.756. The molecule has 0 heterocycles. The first-order valence-corrected chi connectivity index (χ1v) is 7.11. The van der Waals surface area contributed by atoms with Gasteiger partial charge in [-0.15, -0.1) is 0 Å². The highest BCUT2D eigenvalue weighted by atomic mass is 14.2. The zero-order valence-electron chi connectivity index (χ0n) is 11.1. The van der Waals surface area contributed by atoms with Crippen molar-refractivity contribution in [3.8, 4) is 0 Å². The first-order chi connectivity index (χ1) is 8.90. The van der Waals surface area contributed by atoms with Gasteiger partial charge in [0.05, 0.1) is 0 Å². The van der Waals surface area contributed by atoms with E-state index in [9.17, 15) is 0 Å². The normalized spacial score (nSPS) is 17.1. The summed E-state index contributed by atoms with van der Waals surface area (Å²) < 4.78 is 0. The number of hydrogen-bond acceptors (Lipinski definition) is 0. The van der Waals surface area contributed by atoms with Crippen molar-refractivity contribution < 1.29 is 0 Å². The van der Waals surface area contributed by atoms with Crippen LogP contribution in [0.3, 0.4) is 0 Å². The fourth-order valence-electron chi connectivity index (χ4n) is 2.83. The summed E-state index contributed by atoms with van der Waals surface area (Å²) in [6.45, 7) is 3.54. The van der Waals surface area contributed by atoms with E-state index in [0.717, 1.165) is 5.92 Å². The zero-order chi connectivity index (χ0) is 12.6. The van der Waals surface area contributed by atoms with Crippen LogP contribution in [0.15, 0.2) is 42.3 Å². The molecule has 0 amide bonds. The summed E-state index contributed by atoms with van der Waals surface area (Å²) >= 11 is 0. The Balaban J connectivity index is 2.15. The average Bonchev–Trinajstić information content (AvgIpc) is 2.36. The molecule has 0 aliphatic heterocycles. The van der Waals surface area contributed by atoms with Crippen LogP contribution in [0.2, 0.25) is 0 Å². The number of benzene rings is 1. The standard InChI is InChI=1S/C18H22/c1-2-3-10-16-11-9-14-18(15-16)17-12-7-5-4-6-8-13-17/h9-11,14-15,17H,1,4-8,12-13H2. The van der Waals surface area contributed by atoms with Crippen molar-refractivity contribution in [2.75, 3.05) is 0 Å². The first kappa shape index (κ1) is 13.0. The van der Waals surface area contributed by atoms with E-state index in [4.69, 9.17) is 0 Å². The Hall–Kier alpha value is -1.48. The van der Waals surface area contributed by atoms with Crippen molar-refractivity contribution in [1.82, 2.24) is 0 Å². The summed E-state index contributed by atoms with van der Waals surface area (Å²) in [6, 6.07) is 8.86. The second-order valence-electron chi connectivity index (χ2n) is 5.18. The predicted octanol–water partition coefficient (Wildman–Crippen LogP) is 5.47. The maximum Gasteiger partial charge on any atom is -0.00429 e. The fourth-order valence-corrected chi connectivity index (χ4v) is 2.83. The molecule has 0 N–H and O–H groups in total. The molecule has 0 heteroatoms. The molecule has 0 nitrogen and oxygen atoms in total. The van der Waals surface area contributed by atoms with Crippen molar-refractivity contribution in [1.29, 1.82) is 0 Å². The van der Waals surface area contributed by atoms with Gasteiger partial charge in [-0.2, -0.15) is 0 Å².